The van der Waals surface area contributed by atoms with Crippen LogP contribution in [0, 0.1) is 0 Å². The molecule has 0 unspecified atom stereocenters. The smallest absolute Gasteiger partial charge is 0.253 e. The lowest BCUT2D eigenvalue weighted by molar-refractivity contribution is 0.0627. The van der Waals surface area contributed by atoms with E-state index in [9.17, 15) is 4.79 Å². The first-order valence-corrected chi connectivity index (χ1v) is 11.4. The van der Waals surface area contributed by atoms with Gasteiger partial charge in [0.2, 0.25) is 5.88 Å². The molecule has 0 saturated carbocycles. The van der Waals surface area contributed by atoms with Gasteiger partial charge in [0, 0.05) is 68.0 Å². The van der Waals surface area contributed by atoms with Crippen LogP contribution in [-0.4, -0.2) is 60.5 Å². The molecule has 0 atom stereocenters. The molecule has 3 heterocycles. The molecule has 1 fully saturated rings. The van der Waals surface area contributed by atoms with Crippen LogP contribution < -0.4 is 9.64 Å². The van der Waals surface area contributed by atoms with Crippen LogP contribution in [0.1, 0.15) is 21.5 Å². The highest BCUT2D eigenvalue weighted by Gasteiger charge is 2.23. The van der Waals surface area contributed by atoms with Crippen LogP contribution in [0.15, 0.2) is 72.9 Å². The summed E-state index contributed by atoms with van der Waals surface area (Å²) >= 11 is 0. The summed E-state index contributed by atoms with van der Waals surface area (Å²) in [5.74, 6) is 0.766. The molecule has 6 nitrogen and oxygen atoms in total. The number of hydrogen-bond donors (Lipinski definition) is 0. The fourth-order valence-electron chi connectivity index (χ4n) is 4.55. The van der Waals surface area contributed by atoms with Gasteiger partial charge in [-0.05, 0) is 42.0 Å². The standard InChI is InChI=1S/C27H28N4O2/c1-33-26-23(7-4-14-28-26)20-29-16-18-30(19-17-29)27(32)22-10-12-24(13-11-22)31-15-5-8-21-6-2-3-9-25(21)31/h2-14H,15-20H2,1H3. The van der Waals surface area contributed by atoms with Crippen LogP contribution >= 0.6 is 0 Å². The number of nitrogens with zero attached hydrogens (tertiary/aromatic N) is 4. The van der Waals surface area contributed by atoms with Crippen molar-refractivity contribution in [2.45, 2.75) is 6.54 Å². The molecule has 2 aromatic carbocycles. The van der Waals surface area contributed by atoms with Gasteiger partial charge >= 0.3 is 0 Å². The van der Waals surface area contributed by atoms with E-state index in [0.717, 1.165) is 43.0 Å². The summed E-state index contributed by atoms with van der Waals surface area (Å²) in [6, 6.07) is 20.4. The topological polar surface area (TPSA) is 48.9 Å². The van der Waals surface area contributed by atoms with Gasteiger partial charge in [-0.1, -0.05) is 36.4 Å². The number of anilines is 2. The molecule has 0 spiro atoms. The molecule has 2 aliphatic heterocycles. The van der Waals surface area contributed by atoms with Gasteiger partial charge in [-0.15, -0.1) is 0 Å². The third-order valence-corrected chi connectivity index (χ3v) is 6.34. The molecule has 33 heavy (non-hydrogen) atoms. The summed E-state index contributed by atoms with van der Waals surface area (Å²) in [6.45, 7) is 4.70. The second kappa shape index (κ2) is 9.46. The van der Waals surface area contributed by atoms with Crippen molar-refractivity contribution < 1.29 is 9.53 Å². The maximum atomic E-state index is 13.1. The third-order valence-electron chi connectivity index (χ3n) is 6.34. The highest BCUT2D eigenvalue weighted by Crippen LogP contribution is 2.32. The molecule has 1 amide bonds. The second-order valence-corrected chi connectivity index (χ2v) is 8.36. The fourth-order valence-corrected chi connectivity index (χ4v) is 4.55. The van der Waals surface area contributed by atoms with Gasteiger partial charge in [0.25, 0.3) is 5.91 Å². The number of pyridine rings is 1. The van der Waals surface area contributed by atoms with E-state index in [1.165, 1.54) is 11.3 Å². The Hall–Kier alpha value is -3.64. The average molecular weight is 441 g/mol. The van der Waals surface area contributed by atoms with E-state index in [1.54, 1.807) is 13.3 Å². The van der Waals surface area contributed by atoms with E-state index >= 15 is 0 Å². The highest BCUT2D eigenvalue weighted by molar-refractivity contribution is 5.95. The van der Waals surface area contributed by atoms with E-state index < -0.39 is 0 Å². The number of amides is 1. The number of piperazine rings is 1. The Morgan fingerprint density at radius 1 is 0.970 bits per heavy atom. The zero-order chi connectivity index (χ0) is 22.6. The van der Waals surface area contributed by atoms with Gasteiger partial charge in [0.15, 0.2) is 0 Å². The Morgan fingerprint density at radius 3 is 2.55 bits per heavy atom. The van der Waals surface area contributed by atoms with Crippen molar-refractivity contribution in [3.63, 3.8) is 0 Å². The van der Waals surface area contributed by atoms with Crippen molar-refractivity contribution in [3.05, 3.63) is 89.6 Å². The normalized spacial score (nSPS) is 15.9. The lowest BCUT2D eigenvalue weighted by Crippen LogP contribution is -2.48. The van der Waals surface area contributed by atoms with Crippen molar-refractivity contribution in [3.8, 4) is 5.88 Å². The molecule has 0 N–H and O–H groups in total. The van der Waals surface area contributed by atoms with E-state index in [-0.39, 0.29) is 5.91 Å². The fraction of sp³-hybridized carbons (Fsp3) is 0.259. The van der Waals surface area contributed by atoms with Gasteiger partial charge in [-0.3, -0.25) is 9.69 Å². The highest BCUT2D eigenvalue weighted by atomic mass is 16.5. The van der Waals surface area contributed by atoms with Crippen molar-refractivity contribution in [1.82, 2.24) is 14.8 Å². The molecular formula is C27H28N4O2. The summed E-state index contributed by atoms with van der Waals surface area (Å²) in [7, 11) is 1.65. The van der Waals surface area contributed by atoms with Crippen molar-refractivity contribution in [1.29, 1.82) is 0 Å². The molecule has 1 aromatic heterocycles. The van der Waals surface area contributed by atoms with Crippen LogP contribution in [0.2, 0.25) is 0 Å². The molecule has 168 valence electrons. The molecule has 2 aliphatic rings. The first kappa shape index (κ1) is 21.2. The number of hydrogen-bond acceptors (Lipinski definition) is 5. The number of carbonyl (C=O) groups excluding carboxylic acids is 1. The molecule has 3 aromatic rings. The molecule has 6 heteroatoms. The first-order chi connectivity index (χ1) is 16.2. The number of carbonyl (C=O) groups is 1. The largest absolute Gasteiger partial charge is 0.481 e. The van der Waals surface area contributed by atoms with Crippen molar-refractivity contribution in [2.75, 3.05) is 44.7 Å². The van der Waals surface area contributed by atoms with Crippen LogP contribution in [-0.2, 0) is 6.54 Å². The summed E-state index contributed by atoms with van der Waals surface area (Å²) in [5, 5.41) is 0. The quantitative estimate of drug-likeness (QED) is 0.595. The van der Waals surface area contributed by atoms with Gasteiger partial charge in [-0.25, -0.2) is 4.98 Å². The summed E-state index contributed by atoms with van der Waals surface area (Å²) in [6.07, 6.45) is 6.07. The number of rotatable bonds is 5. The van der Waals surface area contributed by atoms with Gasteiger partial charge in [0.05, 0.1) is 7.11 Å². The average Bonchev–Trinajstić information content (AvgIpc) is 2.89. The second-order valence-electron chi connectivity index (χ2n) is 8.36. The Morgan fingerprint density at radius 2 is 1.76 bits per heavy atom. The van der Waals surface area contributed by atoms with Crippen molar-refractivity contribution in [2.24, 2.45) is 0 Å². The van der Waals surface area contributed by atoms with Crippen LogP contribution in [0.25, 0.3) is 6.08 Å². The lowest BCUT2D eigenvalue weighted by atomic mass is 10.1. The summed E-state index contributed by atoms with van der Waals surface area (Å²) in [4.78, 5) is 23.9. The summed E-state index contributed by atoms with van der Waals surface area (Å²) in [5.41, 5.74) is 5.32. The number of ether oxygens (including phenoxy) is 1. The predicted octanol–water partition coefficient (Wildman–Crippen LogP) is 4.21. The van der Waals surface area contributed by atoms with E-state index in [2.05, 4.69) is 51.2 Å². The number of aromatic nitrogens is 1. The molecule has 0 aliphatic carbocycles. The molecule has 5 rings (SSSR count). The minimum atomic E-state index is 0.0964. The van der Waals surface area contributed by atoms with Gasteiger partial charge in [0.1, 0.15) is 0 Å². The monoisotopic (exact) mass is 440 g/mol. The number of methoxy groups -OCH3 is 1. The van der Waals surface area contributed by atoms with Crippen LogP contribution in [0.4, 0.5) is 11.4 Å². The Labute approximate surface area is 194 Å². The van der Waals surface area contributed by atoms with Crippen LogP contribution in [0.3, 0.4) is 0 Å². The Kier molecular flexibility index (Phi) is 6.09. The molecular weight excluding hydrogens is 412 g/mol. The van der Waals surface area contributed by atoms with E-state index in [1.807, 2.05) is 41.3 Å². The minimum Gasteiger partial charge on any atom is -0.481 e. The SMILES string of the molecule is COc1ncccc1CN1CCN(C(=O)c2ccc(N3CC=Cc4ccccc43)cc2)CC1. The minimum absolute atomic E-state index is 0.0964. The predicted molar refractivity (Wildman–Crippen MR) is 131 cm³/mol. The third kappa shape index (κ3) is 4.47. The zero-order valence-corrected chi connectivity index (χ0v) is 18.9. The lowest BCUT2D eigenvalue weighted by Gasteiger charge is -2.35. The number of fused-ring (bicyclic) bond motifs is 1. The van der Waals surface area contributed by atoms with Gasteiger partial charge < -0.3 is 14.5 Å². The van der Waals surface area contributed by atoms with Crippen LogP contribution in [0.5, 0.6) is 5.88 Å². The number of benzene rings is 2. The zero-order valence-electron chi connectivity index (χ0n) is 18.9. The van der Waals surface area contributed by atoms with E-state index in [0.29, 0.717) is 19.0 Å². The molecule has 0 radical (unpaired) electrons. The van der Waals surface area contributed by atoms with Gasteiger partial charge in [-0.2, -0.15) is 0 Å². The first-order valence-electron chi connectivity index (χ1n) is 11.4. The van der Waals surface area contributed by atoms with Crippen molar-refractivity contribution >= 4 is 23.4 Å². The molecule has 0 bridgehead atoms. The maximum Gasteiger partial charge on any atom is 0.253 e. The number of para-hydroxylation sites is 1. The molecule has 1 saturated heterocycles. The van der Waals surface area contributed by atoms with E-state index in [4.69, 9.17) is 4.74 Å². The summed E-state index contributed by atoms with van der Waals surface area (Å²) < 4.78 is 5.37. The maximum absolute atomic E-state index is 13.1. The Bertz CT molecular complexity index is 1150. The Balaban J connectivity index is 1.21.